The van der Waals surface area contributed by atoms with Crippen LogP contribution in [0.3, 0.4) is 0 Å². The van der Waals surface area contributed by atoms with Crippen molar-refractivity contribution in [2.75, 3.05) is 13.2 Å². The molecule has 0 aromatic carbocycles. The van der Waals surface area contributed by atoms with E-state index in [-0.39, 0.29) is 6.67 Å². The summed E-state index contributed by atoms with van der Waals surface area (Å²) in [5.74, 6) is 0. The van der Waals surface area contributed by atoms with Crippen LogP contribution in [0.4, 0.5) is 13.2 Å². The third-order valence-electron chi connectivity index (χ3n) is 1.84. The van der Waals surface area contributed by atoms with Crippen LogP contribution >= 0.6 is 11.6 Å². The summed E-state index contributed by atoms with van der Waals surface area (Å²) in [6, 6.07) is -3.64. The maximum absolute atomic E-state index is 12.9. The van der Waals surface area contributed by atoms with E-state index < -0.39 is 11.7 Å². The lowest BCUT2D eigenvalue weighted by atomic mass is 10.5. The topological polar surface area (TPSA) is 6.48 Å². The van der Waals surface area contributed by atoms with E-state index in [1.165, 1.54) is 6.20 Å². The second kappa shape index (κ2) is 3.65. The molecule has 0 bridgehead atoms. The fraction of sp³-hybridized carbons (Fsp3) is 0.714. The zero-order chi connectivity index (χ0) is 10.1. The Labute approximate surface area is 79.6 Å². The van der Waals surface area contributed by atoms with Crippen molar-refractivity contribution in [3.8, 4) is 0 Å². The summed E-state index contributed by atoms with van der Waals surface area (Å²) in [7, 11) is 0. The molecule has 1 heterocycles. The van der Waals surface area contributed by atoms with Gasteiger partial charge in [0.1, 0.15) is 0 Å². The van der Waals surface area contributed by atoms with Crippen LogP contribution in [0, 0.1) is 0 Å². The highest BCUT2D eigenvalue weighted by Gasteiger charge is 2.45. The molecule has 0 aromatic heterocycles. The van der Waals surface area contributed by atoms with Crippen LogP contribution in [0.5, 0.6) is 0 Å². The molecular formula is C7H10ClF3N2. The van der Waals surface area contributed by atoms with Crippen molar-refractivity contribution in [2.24, 2.45) is 0 Å². The van der Waals surface area contributed by atoms with Gasteiger partial charge in [0.15, 0.2) is 0 Å². The van der Waals surface area contributed by atoms with Crippen LogP contribution in [0.1, 0.15) is 6.92 Å². The molecular weight excluding hydrogens is 205 g/mol. The van der Waals surface area contributed by atoms with Gasteiger partial charge in [-0.15, -0.1) is 0 Å². The predicted molar refractivity (Wildman–Crippen MR) is 43.9 cm³/mol. The highest BCUT2D eigenvalue weighted by atomic mass is 35.5. The molecule has 1 unspecified atom stereocenters. The predicted octanol–water partition coefficient (Wildman–Crippen LogP) is 2.18. The van der Waals surface area contributed by atoms with Crippen molar-refractivity contribution in [2.45, 2.75) is 18.6 Å². The van der Waals surface area contributed by atoms with Gasteiger partial charge in [0.25, 0.3) is 5.63 Å². The third kappa shape index (κ3) is 2.02. The van der Waals surface area contributed by atoms with Crippen LogP contribution in [0.15, 0.2) is 12.4 Å². The van der Waals surface area contributed by atoms with Gasteiger partial charge in [-0.2, -0.15) is 8.78 Å². The van der Waals surface area contributed by atoms with Gasteiger partial charge >= 0.3 is 6.05 Å². The molecule has 0 amide bonds. The lowest BCUT2D eigenvalue weighted by Crippen LogP contribution is -2.44. The van der Waals surface area contributed by atoms with Crippen molar-refractivity contribution < 1.29 is 13.2 Å². The van der Waals surface area contributed by atoms with Crippen LogP contribution in [-0.2, 0) is 0 Å². The Hall–Kier alpha value is -0.580. The molecule has 0 radical (unpaired) electrons. The minimum Gasteiger partial charge on any atom is -0.359 e. The van der Waals surface area contributed by atoms with Gasteiger partial charge in [-0.1, -0.05) is 11.6 Å². The van der Waals surface area contributed by atoms with Crippen molar-refractivity contribution in [3.05, 3.63) is 12.4 Å². The van der Waals surface area contributed by atoms with E-state index in [2.05, 4.69) is 0 Å². The third-order valence-corrected chi connectivity index (χ3v) is 2.11. The molecule has 1 rings (SSSR count). The van der Waals surface area contributed by atoms with E-state index >= 15 is 0 Å². The number of nitrogens with zero attached hydrogens (tertiary/aromatic N) is 2. The molecule has 1 aliphatic heterocycles. The van der Waals surface area contributed by atoms with E-state index in [0.717, 1.165) is 6.20 Å². The summed E-state index contributed by atoms with van der Waals surface area (Å²) in [4.78, 5) is 2.20. The largest absolute Gasteiger partial charge is 0.371 e. The molecule has 2 nitrogen and oxygen atoms in total. The SMILES string of the molecule is CCN1C=CN(C(F)(F)C(F)Cl)C1. The van der Waals surface area contributed by atoms with E-state index in [9.17, 15) is 13.2 Å². The molecule has 0 spiro atoms. The fourth-order valence-corrected chi connectivity index (χ4v) is 1.11. The van der Waals surface area contributed by atoms with Gasteiger partial charge in [-0.3, -0.25) is 4.90 Å². The summed E-state index contributed by atoms with van der Waals surface area (Å²) in [5.41, 5.74) is -2.69. The van der Waals surface area contributed by atoms with Gasteiger partial charge in [0, 0.05) is 18.9 Å². The zero-order valence-corrected chi connectivity index (χ0v) is 7.81. The van der Waals surface area contributed by atoms with Crippen LogP contribution in [0.25, 0.3) is 0 Å². The number of alkyl halides is 4. The summed E-state index contributed by atoms with van der Waals surface area (Å²) < 4.78 is 38.1. The average molecular weight is 215 g/mol. The minimum atomic E-state index is -3.64. The maximum atomic E-state index is 12.9. The average Bonchev–Trinajstić information content (AvgIpc) is 2.51. The molecule has 1 atom stereocenters. The zero-order valence-electron chi connectivity index (χ0n) is 7.05. The minimum absolute atomic E-state index is 0.0311. The van der Waals surface area contributed by atoms with Crippen molar-refractivity contribution >= 4 is 11.6 Å². The first-order valence-electron chi connectivity index (χ1n) is 3.83. The number of hydrogen-bond acceptors (Lipinski definition) is 2. The van der Waals surface area contributed by atoms with Gasteiger partial charge in [0.2, 0.25) is 0 Å². The number of halogens is 4. The maximum Gasteiger partial charge on any atom is 0.371 e. The standard InChI is InChI=1S/C7H10ClF3N2/c1-2-12-3-4-13(5-12)7(10,11)6(8)9/h3-4,6H,2,5H2,1H3. The molecule has 0 saturated carbocycles. The Morgan fingerprint density at radius 3 is 2.54 bits per heavy atom. The number of hydrogen-bond donors (Lipinski definition) is 0. The van der Waals surface area contributed by atoms with E-state index in [0.29, 0.717) is 11.4 Å². The molecule has 0 aliphatic carbocycles. The van der Waals surface area contributed by atoms with E-state index in [1.807, 2.05) is 6.92 Å². The molecule has 1 aliphatic rings. The Bertz CT molecular complexity index is 208. The quantitative estimate of drug-likeness (QED) is 0.525. The van der Waals surface area contributed by atoms with Crippen LogP contribution < -0.4 is 0 Å². The summed E-state index contributed by atoms with van der Waals surface area (Å²) in [6.07, 6.45) is 2.62. The van der Waals surface area contributed by atoms with Gasteiger partial charge in [-0.25, -0.2) is 4.39 Å². The fourth-order valence-electron chi connectivity index (χ4n) is 0.989. The second-order valence-electron chi connectivity index (χ2n) is 2.70. The smallest absolute Gasteiger partial charge is 0.359 e. The summed E-state index contributed by atoms with van der Waals surface area (Å²) in [6.45, 7) is 2.39. The molecule has 13 heavy (non-hydrogen) atoms. The first kappa shape index (κ1) is 10.5. The van der Waals surface area contributed by atoms with Gasteiger partial charge in [-0.05, 0) is 6.92 Å². The summed E-state index contributed by atoms with van der Waals surface area (Å²) >= 11 is 4.73. The van der Waals surface area contributed by atoms with Crippen LogP contribution in [-0.4, -0.2) is 34.7 Å². The Kier molecular flexibility index (Phi) is 2.95. The molecule has 0 N–H and O–H groups in total. The van der Waals surface area contributed by atoms with Gasteiger partial charge < -0.3 is 4.90 Å². The molecule has 0 fully saturated rings. The molecule has 0 saturated heterocycles. The van der Waals surface area contributed by atoms with Gasteiger partial charge in [0.05, 0.1) is 6.67 Å². The lowest BCUT2D eigenvalue weighted by Gasteiger charge is -2.28. The lowest BCUT2D eigenvalue weighted by molar-refractivity contribution is -0.153. The first-order chi connectivity index (χ1) is 5.98. The molecule has 0 aromatic rings. The monoisotopic (exact) mass is 214 g/mol. The van der Waals surface area contributed by atoms with E-state index in [1.54, 1.807) is 4.90 Å². The van der Waals surface area contributed by atoms with E-state index in [4.69, 9.17) is 11.6 Å². The molecule has 6 heteroatoms. The van der Waals surface area contributed by atoms with Crippen molar-refractivity contribution in [1.29, 1.82) is 0 Å². The first-order valence-corrected chi connectivity index (χ1v) is 4.27. The Morgan fingerprint density at radius 2 is 2.15 bits per heavy atom. The van der Waals surface area contributed by atoms with Crippen molar-refractivity contribution in [3.63, 3.8) is 0 Å². The summed E-state index contributed by atoms with van der Waals surface area (Å²) in [5, 5.41) is 0. The second-order valence-corrected chi connectivity index (χ2v) is 3.09. The highest BCUT2D eigenvalue weighted by molar-refractivity contribution is 6.20. The van der Waals surface area contributed by atoms with Crippen molar-refractivity contribution in [1.82, 2.24) is 9.80 Å². The Morgan fingerprint density at radius 1 is 1.54 bits per heavy atom. The normalized spacial score (nSPS) is 19.8. The Balaban J connectivity index is 2.61. The highest BCUT2D eigenvalue weighted by Crippen LogP contribution is 2.31. The molecule has 76 valence electrons. The van der Waals surface area contributed by atoms with Crippen LogP contribution in [0.2, 0.25) is 0 Å². The number of rotatable bonds is 3.